The van der Waals surface area contributed by atoms with Gasteiger partial charge in [0.2, 0.25) is 10.0 Å². The molecule has 120 valence electrons. The normalized spacial score (nSPS) is 17.5. The van der Waals surface area contributed by atoms with Crippen molar-refractivity contribution in [3.8, 4) is 0 Å². The minimum Gasteiger partial charge on any atom is -0.348 e. The number of fused-ring (bicyclic) bond motifs is 1. The molecule has 0 amide bonds. The van der Waals surface area contributed by atoms with Gasteiger partial charge in [-0.3, -0.25) is 0 Å². The number of sulfonamides is 1. The van der Waals surface area contributed by atoms with E-state index in [2.05, 4.69) is 30.0 Å². The quantitative estimate of drug-likeness (QED) is 0.862. The van der Waals surface area contributed by atoms with Gasteiger partial charge in [0.05, 0.1) is 16.5 Å². The summed E-state index contributed by atoms with van der Waals surface area (Å²) in [5.41, 5.74) is 2.29. The highest BCUT2D eigenvalue weighted by atomic mass is 32.2. The summed E-state index contributed by atoms with van der Waals surface area (Å²) in [5.74, 6) is 0. The minimum atomic E-state index is -3.11. The summed E-state index contributed by atoms with van der Waals surface area (Å²) in [4.78, 5) is 6.98. The summed E-state index contributed by atoms with van der Waals surface area (Å²) < 4.78 is 26.0. The van der Waals surface area contributed by atoms with Crippen LogP contribution < -0.4 is 4.90 Å². The van der Waals surface area contributed by atoms with Crippen molar-refractivity contribution in [3.63, 3.8) is 0 Å². The van der Waals surface area contributed by atoms with Crippen molar-refractivity contribution < 1.29 is 8.42 Å². The zero-order valence-electron chi connectivity index (χ0n) is 13.1. The maximum atomic E-state index is 11.6. The summed E-state index contributed by atoms with van der Waals surface area (Å²) in [6, 6.07) is 6.41. The van der Waals surface area contributed by atoms with Crippen molar-refractivity contribution in [3.05, 3.63) is 23.8 Å². The van der Waals surface area contributed by atoms with Gasteiger partial charge in [0.1, 0.15) is 0 Å². The van der Waals surface area contributed by atoms with Gasteiger partial charge in [-0.1, -0.05) is 17.4 Å². The molecule has 0 spiro atoms. The summed E-state index contributed by atoms with van der Waals surface area (Å²) >= 11 is 1.72. The van der Waals surface area contributed by atoms with Crippen LogP contribution in [0.25, 0.3) is 10.2 Å². The maximum Gasteiger partial charge on any atom is 0.211 e. The van der Waals surface area contributed by atoms with Crippen LogP contribution in [0.5, 0.6) is 0 Å². The Morgan fingerprint density at radius 3 is 2.64 bits per heavy atom. The first-order valence-corrected chi connectivity index (χ1v) is 10.1. The number of rotatable bonds is 3. The van der Waals surface area contributed by atoms with E-state index in [-0.39, 0.29) is 6.04 Å². The van der Waals surface area contributed by atoms with Gasteiger partial charge in [0.25, 0.3) is 0 Å². The first-order valence-electron chi connectivity index (χ1n) is 7.40. The minimum absolute atomic E-state index is 0.0999. The Hall–Kier alpha value is -1.18. The maximum absolute atomic E-state index is 11.6. The van der Waals surface area contributed by atoms with Gasteiger partial charge < -0.3 is 4.90 Å². The Kier molecular flexibility index (Phi) is 4.13. The molecule has 1 aromatic carbocycles. The fourth-order valence-corrected chi connectivity index (χ4v) is 4.71. The Morgan fingerprint density at radius 1 is 1.32 bits per heavy atom. The highest BCUT2D eigenvalue weighted by Gasteiger charge is 2.28. The molecule has 0 radical (unpaired) electrons. The Morgan fingerprint density at radius 2 is 2.00 bits per heavy atom. The first kappa shape index (κ1) is 15.7. The van der Waals surface area contributed by atoms with Crippen LogP contribution in [-0.4, -0.2) is 50.1 Å². The number of anilines is 1. The highest BCUT2D eigenvalue weighted by molar-refractivity contribution is 7.88. The van der Waals surface area contributed by atoms with E-state index in [1.807, 2.05) is 0 Å². The molecule has 0 saturated carbocycles. The third-order valence-corrected chi connectivity index (χ3v) is 6.73. The third-order valence-electron chi connectivity index (χ3n) is 4.30. The van der Waals surface area contributed by atoms with E-state index >= 15 is 0 Å². The lowest BCUT2D eigenvalue weighted by atomic mass is 10.1. The number of hydrogen-bond donors (Lipinski definition) is 0. The van der Waals surface area contributed by atoms with Crippen LogP contribution >= 0.6 is 11.3 Å². The molecule has 5 nitrogen and oxygen atoms in total. The molecule has 22 heavy (non-hydrogen) atoms. The van der Waals surface area contributed by atoms with E-state index in [1.54, 1.807) is 18.4 Å². The van der Waals surface area contributed by atoms with Crippen LogP contribution in [0.4, 0.5) is 5.13 Å². The van der Waals surface area contributed by atoms with Crippen LogP contribution in [0.3, 0.4) is 0 Å². The molecule has 7 heteroatoms. The number of piperidine rings is 1. The van der Waals surface area contributed by atoms with Crippen LogP contribution in [0.15, 0.2) is 18.2 Å². The molecule has 2 aromatic rings. The largest absolute Gasteiger partial charge is 0.348 e. The van der Waals surface area contributed by atoms with Gasteiger partial charge in [-0.05, 0) is 37.5 Å². The topological polar surface area (TPSA) is 53.5 Å². The van der Waals surface area contributed by atoms with Gasteiger partial charge in [-0.15, -0.1) is 0 Å². The second-order valence-corrected chi connectivity index (χ2v) is 9.02. The van der Waals surface area contributed by atoms with Crippen LogP contribution in [0, 0.1) is 6.92 Å². The number of thiazole rings is 1. The smallest absolute Gasteiger partial charge is 0.211 e. The Balaban J connectivity index is 1.72. The summed E-state index contributed by atoms with van der Waals surface area (Å²) in [5, 5.41) is 1.04. The summed E-state index contributed by atoms with van der Waals surface area (Å²) in [6.07, 6.45) is 2.96. The standard InChI is InChI=1S/C15H21N3O2S2/c1-11-4-5-13-14(10-11)21-15(16-13)18-8-6-12(7-9-18)17(2)22(3,19)20/h4-5,10,12H,6-9H2,1-3H3. The average Bonchev–Trinajstić information content (AvgIpc) is 2.88. The van der Waals surface area contributed by atoms with Gasteiger partial charge >= 0.3 is 0 Å². The second-order valence-electron chi connectivity index (χ2n) is 5.97. The van der Waals surface area contributed by atoms with Crippen molar-refractivity contribution in [2.75, 3.05) is 31.3 Å². The van der Waals surface area contributed by atoms with Crippen LogP contribution in [0.1, 0.15) is 18.4 Å². The summed E-state index contributed by atoms with van der Waals surface area (Å²) in [6.45, 7) is 3.79. The van der Waals surface area contributed by atoms with Crippen LogP contribution in [0.2, 0.25) is 0 Å². The molecule has 1 aromatic heterocycles. The summed E-state index contributed by atoms with van der Waals surface area (Å²) in [7, 11) is -1.43. The molecule has 0 unspecified atom stereocenters. The molecule has 0 atom stereocenters. The zero-order chi connectivity index (χ0) is 15.9. The Labute approximate surface area is 135 Å². The van der Waals surface area contributed by atoms with E-state index in [0.29, 0.717) is 0 Å². The fourth-order valence-electron chi connectivity index (χ4n) is 2.85. The molecule has 1 aliphatic heterocycles. The third kappa shape index (κ3) is 3.11. The van der Waals surface area contributed by atoms with E-state index in [1.165, 1.54) is 20.8 Å². The van der Waals surface area contributed by atoms with Gasteiger partial charge in [-0.2, -0.15) is 0 Å². The molecule has 1 fully saturated rings. The first-order chi connectivity index (χ1) is 10.3. The monoisotopic (exact) mass is 339 g/mol. The van der Waals surface area contributed by atoms with Crippen molar-refractivity contribution in [2.24, 2.45) is 0 Å². The lowest BCUT2D eigenvalue weighted by Crippen LogP contribution is -2.45. The van der Waals surface area contributed by atoms with Crippen molar-refractivity contribution in [1.29, 1.82) is 0 Å². The molecule has 0 bridgehead atoms. The van der Waals surface area contributed by atoms with Crippen LogP contribution in [-0.2, 0) is 10.0 Å². The molecule has 2 heterocycles. The molecular weight excluding hydrogens is 318 g/mol. The van der Waals surface area contributed by atoms with Crippen molar-refractivity contribution in [1.82, 2.24) is 9.29 Å². The fraction of sp³-hybridized carbons (Fsp3) is 0.533. The number of benzene rings is 1. The molecule has 1 aliphatic rings. The van der Waals surface area contributed by atoms with E-state index in [0.717, 1.165) is 36.6 Å². The van der Waals surface area contributed by atoms with Crippen molar-refractivity contribution in [2.45, 2.75) is 25.8 Å². The Bertz CT molecular complexity index is 777. The average molecular weight is 339 g/mol. The SMILES string of the molecule is Cc1ccc2nc(N3CCC(N(C)S(C)(=O)=O)CC3)sc2c1. The molecule has 0 aliphatic carbocycles. The molecule has 0 N–H and O–H groups in total. The second kappa shape index (κ2) is 5.79. The molecular formula is C15H21N3O2S2. The van der Waals surface area contributed by atoms with Gasteiger partial charge in [-0.25, -0.2) is 17.7 Å². The number of nitrogens with zero attached hydrogens (tertiary/aromatic N) is 3. The van der Waals surface area contributed by atoms with E-state index < -0.39 is 10.0 Å². The van der Waals surface area contributed by atoms with E-state index in [9.17, 15) is 8.42 Å². The zero-order valence-corrected chi connectivity index (χ0v) is 14.7. The number of aromatic nitrogens is 1. The lowest BCUT2D eigenvalue weighted by molar-refractivity contribution is 0.314. The number of aryl methyl sites for hydroxylation is 1. The molecule has 3 rings (SSSR count). The van der Waals surface area contributed by atoms with E-state index in [4.69, 9.17) is 4.98 Å². The lowest BCUT2D eigenvalue weighted by Gasteiger charge is -2.35. The predicted molar refractivity (Wildman–Crippen MR) is 92.2 cm³/mol. The number of hydrogen-bond acceptors (Lipinski definition) is 5. The molecule has 1 saturated heterocycles. The van der Waals surface area contributed by atoms with Gasteiger partial charge in [0, 0.05) is 26.2 Å². The highest BCUT2D eigenvalue weighted by Crippen LogP contribution is 2.31. The van der Waals surface area contributed by atoms with Crippen molar-refractivity contribution >= 4 is 36.7 Å². The predicted octanol–water partition coefficient (Wildman–Crippen LogP) is 2.46. The van der Waals surface area contributed by atoms with Gasteiger partial charge in [0.15, 0.2) is 5.13 Å².